The van der Waals surface area contributed by atoms with E-state index in [1.54, 1.807) is 12.1 Å². The van der Waals surface area contributed by atoms with Crippen molar-refractivity contribution < 1.29 is 14.3 Å². The molecule has 15 heavy (non-hydrogen) atoms. The van der Waals surface area contributed by atoms with Crippen molar-refractivity contribution in [3.63, 3.8) is 0 Å². The number of nitrogens with zero attached hydrogens (tertiary/aromatic N) is 1. The summed E-state index contributed by atoms with van der Waals surface area (Å²) < 4.78 is 5.04. The number of aliphatic hydroxyl groups excluding tert-OH is 1. The Morgan fingerprint density at radius 3 is 3.20 bits per heavy atom. The first-order chi connectivity index (χ1) is 7.31. The van der Waals surface area contributed by atoms with Crippen LogP contribution in [0.15, 0.2) is 22.8 Å². The van der Waals surface area contributed by atoms with Gasteiger partial charge < -0.3 is 9.52 Å². The number of hydrogen-bond donors (Lipinski definition) is 1. The molecule has 4 nitrogen and oxygen atoms in total. The van der Waals surface area contributed by atoms with Crippen LogP contribution in [0.25, 0.3) is 0 Å². The Labute approximate surface area is 88.5 Å². The lowest BCUT2D eigenvalue weighted by molar-refractivity contribution is 0.0861. The fourth-order valence-corrected chi connectivity index (χ4v) is 2.01. The Bertz CT molecular complexity index is 321. The van der Waals surface area contributed by atoms with Gasteiger partial charge in [-0.25, -0.2) is 0 Å². The summed E-state index contributed by atoms with van der Waals surface area (Å²) >= 11 is 0. The average Bonchev–Trinajstić information content (AvgIpc) is 2.87. The molecule has 1 aromatic rings. The van der Waals surface area contributed by atoms with Crippen LogP contribution in [0.4, 0.5) is 0 Å². The number of Topliss-reactive ketones (excluding diaryl/α,β-unsaturated/α-hetero) is 1. The molecule has 2 rings (SSSR count). The van der Waals surface area contributed by atoms with Gasteiger partial charge in [-0.2, -0.15) is 0 Å². The van der Waals surface area contributed by atoms with Crippen LogP contribution in [0.5, 0.6) is 0 Å². The molecule has 0 bridgehead atoms. The molecule has 1 atom stereocenters. The minimum atomic E-state index is -0.0136. The number of hydrogen-bond acceptors (Lipinski definition) is 4. The molecule has 1 saturated heterocycles. The third-order valence-electron chi connectivity index (χ3n) is 2.85. The average molecular weight is 209 g/mol. The molecule has 0 unspecified atom stereocenters. The molecule has 4 heteroatoms. The summed E-state index contributed by atoms with van der Waals surface area (Å²) in [6.07, 6.45) is 3.53. The lowest BCUT2D eigenvalue weighted by atomic mass is 10.2. The second-order valence-electron chi connectivity index (χ2n) is 3.85. The second-order valence-corrected chi connectivity index (χ2v) is 3.85. The standard InChI is InChI=1S/C11H15NO3/c13-8-9-3-1-5-12(9)7-10(14)11-4-2-6-15-11/h2,4,6,9,13H,1,3,5,7-8H2/t9-/m0/s1. The molecule has 1 aliphatic rings. The summed E-state index contributed by atoms with van der Waals surface area (Å²) in [4.78, 5) is 13.7. The summed E-state index contributed by atoms with van der Waals surface area (Å²) in [7, 11) is 0. The maximum absolute atomic E-state index is 11.7. The van der Waals surface area contributed by atoms with E-state index in [1.165, 1.54) is 6.26 Å². The van der Waals surface area contributed by atoms with Gasteiger partial charge in [0.2, 0.25) is 5.78 Å². The molecule has 0 aliphatic carbocycles. The van der Waals surface area contributed by atoms with Gasteiger partial charge in [-0.05, 0) is 31.5 Å². The normalized spacial score (nSPS) is 22.1. The zero-order valence-electron chi connectivity index (χ0n) is 8.56. The Morgan fingerprint density at radius 2 is 2.53 bits per heavy atom. The number of carbonyl (C=O) groups excluding carboxylic acids is 1. The first-order valence-electron chi connectivity index (χ1n) is 5.23. The molecule has 1 aromatic heterocycles. The fourth-order valence-electron chi connectivity index (χ4n) is 2.01. The third kappa shape index (κ3) is 2.27. The summed E-state index contributed by atoms with van der Waals surface area (Å²) in [6, 6.07) is 3.52. The van der Waals surface area contributed by atoms with E-state index in [4.69, 9.17) is 9.52 Å². The van der Waals surface area contributed by atoms with Gasteiger partial charge in [-0.3, -0.25) is 9.69 Å². The molecule has 0 aromatic carbocycles. The minimum absolute atomic E-state index is 0.0136. The zero-order chi connectivity index (χ0) is 10.7. The maximum Gasteiger partial charge on any atom is 0.211 e. The van der Waals surface area contributed by atoms with Gasteiger partial charge in [-0.1, -0.05) is 0 Å². The lowest BCUT2D eigenvalue weighted by Gasteiger charge is -2.20. The molecule has 82 valence electrons. The highest BCUT2D eigenvalue weighted by Crippen LogP contribution is 2.17. The quantitative estimate of drug-likeness (QED) is 0.749. The van der Waals surface area contributed by atoms with Crippen molar-refractivity contribution >= 4 is 5.78 Å². The molecule has 0 spiro atoms. The molecule has 1 N–H and O–H groups in total. The largest absolute Gasteiger partial charge is 0.461 e. The van der Waals surface area contributed by atoms with Crippen LogP contribution in [-0.4, -0.2) is 41.5 Å². The second kappa shape index (κ2) is 4.59. The van der Waals surface area contributed by atoms with Gasteiger partial charge in [0, 0.05) is 6.04 Å². The van der Waals surface area contributed by atoms with Crippen LogP contribution in [0.1, 0.15) is 23.4 Å². The molecular formula is C11H15NO3. The summed E-state index contributed by atoms with van der Waals surface area (Å²) in [6.45, 7) is 1.36. The van der Waals surface area contributed by atoms with Crippen molar-refractivity contribution in [3.8, 4) is 0 Å². The fraction of sp³-hybridized carbons (Fsp3) is 0.545. The monoisotopic (exact) mass is 209 g/mol. The van der Waals surface area contributed by atoms with Crippen LogP contribution in [0.3, 0.4) is 0 Å². The molecule has 2 heterocycles. The predicted octanol–water partition coefficient (Wildman–Crippen LogP) is 0.919. The van der Waals surface area contributed by atoms with Crippen LogP contribution in [0, 0.1) is 0 Å². The van der Waals surface area contributed by atoms with E-state index >= 15 is 0 Å². The molecule has 0 saturated carbocycles. The Balaban J connectivity index is 1.94. The van der Waals surface area contributed by atoms with E-state index in [0.717, 1.165) is 19.4 Å². The number of aliphatic hydroxyl groups is 1. The predicted molar refractivity (Wildman–Crippen MR) is 54.7 cm³/mol. The van der Waals surface area contributed by atoms with Crippen LogP contribution < -0.4 is 0 Å². The first kappa shape index (κ1) is 10.4. The highest BCUT2D eigenvalue weighted by Gasteiger charge is 2.26. The summed E-state index contributed by atoms with van der Waals surface area (Å²) in [5, 5.41) is 9.10. The number of carbonyl (C=O) groups is 1. The van der Waals surface area contributed by atoms with Crippen molar-refractivity contribution in [1.29, 1.82) is 0 Å². The zero-order valence-corrected chi connectivity index (χ0v) is 8.56. The molecule has 0 radical (unpaired) electrons. The van der Waals surface area contributed by atoms with Crippen LogP contribution in [-0.2, 0) is 0 Å². The Morgan fingerprint density at radius 1 is 1.67 bits per heavy atom. The van der Waals surface area contributed by atoms with E-state index in [1.807, 2.05) is 4.90 Å². The highest BCUT2D eigenvalue weighted by molar-refractivity contribution is 5.95. The van der Waals surface area contributed by atoms with Gasteiger partial charge in [0.15, 0.2) is 5.76 Å². The number of furan rings is 1. The summed E-state index contributed by atoms with van der Waals surface area (Å²) in [5.74, 6) is 0.388. The SMILES string of the molecule is O=C(CN1CCC[C@H]1CO)c1ccco1. The first-order valence-corrected chi connectivity index (χ1v) is 5.23. The summed E-state index contributed by atoms with van der Waals surface area (Å²) in [5.41, 5.74) is 0. The van der Waals surface area contributed by atoms with E-state index in [-0.39, 0.29) is 18.4 Å². The van der Waals surface area contributed by atoms with Crippen molar-refractivity contribution in [2.45, 2.75) is 18.9 Å². The van der Waals surface area contributed by atoms with Crippen molar-refractivity contribution in [1.82, 2.24) is 4.90 Å². The van der Waals surface area contributed by atoms with Gasteiger partial charge in [-0.15, -0.1) is 0 Å². The van der Waals surface area contributed by atoms with Crippen molar-refractivity contribution in [3.05, 3.63) is 24.2 Å². The smallest absolute Gasteiger partial charge is 0.211 e. The Hall–Kier alpha value is -1.13. The van der Waals surface area contributed by atoms with E-state index in [2.05, 4.69) is 0 Å². The van der Waals surface area contributed by atoms with Gasteiger partial charge in [0.05, 0.1) is 19.4 Å². The molecule has 1 fully saturated rings. The van der Waals surface area contributed by atoms with E-state index in [0.29, 0.717) is 12.3 Å². The highest BCUT2D eigenvalue weighted by atomic mass is 16.3. The molecule has 1 aliphatic heterocycles. The van der Waals surface area contributed by atoms with Crippen molar-refractivity contribution in [2.24, 2.45) is 0 Å². The maximum atomic E-state index is 11.7. The molecule has 0 amide bonds. The number of ketones is 1. The van der Waals surface area contributed by atoms with Gasteiger partial charge in [0.25, 0.3) is 0 Å². The number of likely N-dealkylation sites (tertiary alicyclic amines) is 1. The van der Waals surface area contributed by atoms with E-state index in [9.17, 15) is 4.79 Å². The topological polar surface area (TPSA) is 53.7 Å². The number of rotatable bonds is 4. The molecular weight excluding hydrogens is 194 g/mol. The van der Waals surface area contributed by atoms with Gasteiger partial charge in [0.1, 0.15) is 0 Å². The minimum Gasteiger partial charge on any atom is -0.461 e. The lowest BCUT2D eigenvalue weighted by Crippen LogP contribution is -2.36. The Kier molecular flexibility index (Phi) is 3.18. The van der Waals surface area contributed by atoms with Crippen LogP contribution >= 0.6 is 0 Å². The van der Waals surface area contributed by atoms with Crippen LogP contribution in [0.2, 0.25) is 0 Å². The third-order valence-corrected chi connectivity index (χ3v) is 2.85. The van der Waals surface area contributed by atoms with Crippen molar-refractivity contribution in [2.75, 3.05) is 19.7 Å². The van der Waals surface area contributed by atoms with Gasteiger partial charge >= 0.3 is 0 Å². The van der Waals surface area contributed by atoms with E-state index < -0.39 is 0 Å².